The topological polar surface area (TPSA) is 96.0 Å². The van der Waals surface area contributed by atoms with E-state index in [0.29, 0.717) is 21.7 Å². The van der Waals surface area contributed by atoms with Crippen LogP contribution in [0.1, 0.15) is 16.7 Å². The fourth-order valence-corrected chi connectivity index (χ4v) is 6.20. The van der Waals surface area contributed by atoms with E-state index < -0.39 is 46.2 Å². The molecule has 0 aromatic heterocycles. The summed E-state index contributed by atoms with van der Waals surface area (Å²) in [6.45, 7) is -1.01. The molecule has 0 bridgehead atoms. The number of carbonyl (C=O) groups excluding carboxylic acids is 2. The summed E-state index contributed by atoms with van der Waals surface area (Å²) < 4.78 is 74.9. The number of methoxy groups -OCH3 is 1. The molecule has 0 saturated heterocycles. The summed E-state index contributed by atoms with van der Waals surface area (Å²) in [6, 6.07) is 25.5. The minimum atomic E-state index is -4.76. The first-order valence-electron chi connectivity index (χ1n) is 13.9. The highest BCUT2D eigenvalue weighted by molar-refractivity contribution is 7.92. The van der Waals surface area contributed by atoms with Crippen molar-refractivity contribution in [3.05, 3.63) is 126 Å². The number of nitrogens with zero attached hydrogens (tertiary/aromatic N) is 2. The molecule has 1 atom stereocenters. The van der Waals surface area contributed by atoms with Crippen molar-refractivity contribution in [2.45, 2.75) is 30.1 Å². The van der Waals surface area contributed by atoms with Gasteiger partial charge in [0.2, 0.25) is 11.8 Å². The Labute approximate surface area is 260 Å². The first kappa shape index (κ1) is 33.1. The maximum atomic E-state index is 14.3. The van der Waals surface area contributed by atoms with Crippen molar-refractivity contribution in [1.82, 2.24) is 10.2 Å². The number of benzene rings is 4. The van der Waals surface area contributed by atoms with Gasteiger partial charge in [-0.25, -0.2) is 8.42 Å². The zero-order valence-electron chi connectivity index (χ0n) is 24.6. The van der Waals surface area contributed by atoms with Gasteiger partial charge in [0.05, 0.1) is 23.3 Å². The Morgan fingerprint density at radius 3 is 2.09 bits per heavy atom. The third kappa shape index (κ3) is 8.21. The van der Waals surface area contributed by atoms with Gasteiger partial charge in [0, 0.05) is 20.0 Å². The van der Waals surface area contributed by atoms with Crippen molar-refractivity contribution < 1.29 is 35.9 Å². The third-order valence-corrected chi connectivity index (χ3v) is 8.86. The normalized spacial score (nSPS) is 12.2. The first-order chi connectivity index (χ1) is 21.4. The summed E-state index contributed by atoms with van der Waals surface area (Å²) in [5.74, 6) is -0.817. The van der Waals surface area contributed by atoms with Crippen LogP contribution in [0.15, 0.2) is 114 Å². The minimum absolute atomic E-state index is 0.0885. The quantitative estimate of drug-likeness (QED) is 0.227. The first-order valence-corrected chi connectivity index (χ1v) is 15.3. The second kappa shape index (κ2) is 14.3. The van der Waals surface area contributed by atoms with Crippen LogP contribution in [-0.4, -0.2) is 51.9 Å². The molecule has 45 heavy (non-hydrogen) atoms. The zero-order valence-corrected chi connectivity index (χ0v) is 25.4. The predicted octanol–water partition coefficient (Wildman–Crippen LogP) is 5.30. The van der Waals surface area contributed by atoms with Crippen LogP contribution in [0.4, 0.5) is 18.9 Å². The number of anilines is 1. The van der Waals surface area contributed by atoms with E-state index in [1.807, 2.05) is 0 Å². The van der Waals surface area contributed by atoms with Gasteiger partial charge in [-0.3, -0.25) is 13.9 Å². The van der Waals surface area contributed by atoms with Gasteiger partial charge >= 0.3 is 6.18 Å². The highest BCUT2D eigenvalue weighted by Crippen LogP contribution is 2.33. The molecule has 0 fully saturated rings. The Morgan fingerprint density at radius 1 is 0.844 bits per heavy atom. The molecule has 1 N–H and O–H groups in total. The van der Waals surface area contributed by atoms with Crippen molar-refractivity contribution in [3.63, 3.8) is 0 Å². The van der Waals surface area contributed by atoms with Crippen LogP contribution >= 0.6 is 0 Å². The average Bonchev–Trinajstić information content (AvgIpc) is 3.05. The van der Waals surface area contributed by atoms with Crippen molar-refractivity contribution in [2.75, 3.05) is 25.0 Å². The lowest BCUT2D eigenvalue weighted by Gasteiger charge is -2.33. The number of carbonyl (C=O) groups is 2. The maximum Gasteiger partial charge on any atom is 0.416 e. The van der Waals surface area contributed by atoms with Gasteiger partial charge in [0.25, 0.3) is 10.0 Å². The van der Waals surface area contributed by atoms with Gasteiger partial charge in [-0.05, 0) is 53.6 Å². The van der Waals surface area contributed by atoms with Gasteiger partial charge in [-0.2, -0.15) is 13.2 Å². The van der Waals surface area contributed by atoms with Gasteiger partial charge in [0.1, 0.15) is 18.3 Å². The zero-order chi connectivity index (χ0) is 32.6. The lowest BCUT2D eigenvalue weighted by molar-refractivity contribution is -0.139. The van der Waals surface area contributed by atoms with E-state index in [1.54, 1.807) is 60.7 Å². The molecule has 0 aliphatic rings. The molecule has 1 unspecified atom stereocenters. The van der Waals surface area contributed by atoms with Crippen molar-refractivity contribution in [2.24, 2.45) is 0 Å². The summed E-state index contributed by atoms with van der Waals surface area (Å²) in [5, 5.41) is 2.58. The van der Waals surface area contributed by atoms with E-state index >= 15 is 0 Å². The number of likely N-dealkylation sites (N-methyl/N-ethyl adjacent to an activating group) is 1. The van der Waals surface area contributed by atoms with E-state index in [4.69, 9.17) is 4.74 Å². The molecule has 8 nitrogen and oxygen atoms in total. The highest BCUT2D eigenvalue weighted by atomic mass is 32.2. The van der Waals surface area contributed by atoms with Crippen molar-refractivity contribution >= 4 is 27.5 Å². The van der Waals surface area contributed by atoms with Crippen molar-refractivity contribution in [3.8, 4) is 5.75 Å². The molecule has 0 heterocycles. The summed E-state index contributed by atoms with van der Waals surface area (Å²) >= 11 is 0. The van der Waals surface area contributed by atoms with Crippen LogP contribution in [0, 0.1) is 0 Å². The number of hydrogen-bond acceptors (Lipinski definition) is 5. The summed E-state index contributed by atoms with van der Waals surface area (Å²) in [5.41, 5.74) is -0.119. The monoisotopic (exact) mass is 639 g/mol. The van der Waals surface area contributed by atoms with Crippen LogP contribution in [-0.2, 0) is 38.8 Å². The second-order valence-electron chi connectivity index (χ2n) is 10.1. The van der Waals surface area contributed by atoms with E-state index in [2.05, 4.69) is 5.32 Å². The maximum absolute atomic E-state index is 14.3. The SMILES string of the molecule is CNC(=O)C(Cc1ccccc1)N(Cc1cccc(OC)c1)C(=O)CN(c1cccc(C(F)(F)F)c1)S(=O)(=O)c1ccccc1. The van der Waals surface area contributed by atoms with Gasteiger partial charge in [-0.15, -0.1) is 0 Å². The number of hydrogen-bond donors (Lipinski definition) is 1. The van der Waals surface area contributed by atoms with Crippen LogP contribution in [0.25, 0.3) is 0 Å². The molecule has 0 aliphatic carbocycles. The smallest absolute Gasteiger partial charge is 0.416 e. The number of sulfonamides is 1. The Balaban J connectivity index is 1.83. The van der Waals surface area contributed by atoms with Crippen LogP contribution < -0.4 is 14.4 Å². The minimum Gasteiger partial charge on any atom is -0.497 e. The van der Waals surface area contributed by atoms with E-state index in [9.17, 15) is 31.2 Å². The molecule has 236 valence electrons. The number of rotatable bonds is 12. The highest BCUT2D eigenvalue weighted by Gasteiger charge is 2.36. The standard InChI is InChI=1S/C33H32F3N3O5S/c1-37-32(41)30(20-24-11-5-3-6-12-24)38(22-25-13-9-16-28(19-25)44-2)31(40)23-39(45(42,43)29-17-7-4-8-18-29)27-15-10-14-26(21-27)33(34,35)36/h3-19,21,30H,20,22-23H2,1-2H3,(H,37,41). The van der Waals surface area contributed by atoms with Gasteiger partial charge in [-0.1, -0.05) is 66.7 Å². The number of nitrogens with one attached hydrogen (secondary N) is 1. The molecular weight excluding hydrogens is 607 g/mol. The lowest BCUT2D eigenvalue weighted by Crippen LogP contribution is -2.53. The molecule has 0 aliphatic heterocycles. The average molecular weight is 640 g/mol. The number of ether oxygens (including phenoxy) is 1. The molecule has 4 rings (SSSR count). The Morgan fingerprint density at radius 2 is 1.47 bits per heavy atom. The van der Waals surface area contributed by atoms with Crippen LogP contribution in [0.3, 0.4) is 0 Å². The Hall–Kier alpha value is -4.84. The van der Waals surface area contributed by atoms with Crippen LogP contribution in [0.2, 0.25) is 0 Å². The van der Waals surface area contributed by atoms with E-state index in [1.165, 1.54) is 49.4 Å². The van der Waals surface area contributed by atoms with Crippen LogP contribution in [0.5, 0.6) is 5.75 Å². The predicted molar refractivity (Wildman–Crippen MR) is 164 cm³/mol. The fraction of sp³-hybridized carbons (Fsp3) is 0.212. The van der Waals surface area contributed by atoms with Gasteiger partial charge in [0.15, 0.2) is 0 Å². The molecule has 12 heteroatoms. The number of halogens is 3. The van der Waals surface area contributed by atoms with Gasteiger partial charge < -0.3 is 15.0 Å². The third-order valence-electron chi connectivity index (χ3n) is 7.08. The lowest BCUT2D eigenvalue weighted by atomic mass is 10.0. The molecule has 2 amide bonds. The summed E-state index contributed by atoms with van der Waals surface area (Å²) in [6.07, 6.45) is -4.67. The molecule has 4 aromatic carbocycles. The fourth-order valence-electron chi connectivity index (χ4n) is 4.77. The molecule has 0 saturated carbocycles. The largest absolute Gasteiger partial charge is 0.497 e. The number of alkyl halides is 3. The second-order valence-corrected chi connectivity index (χ2v) is 11.9. The molecule has 4 aromatic rings. The van der Waals surface area contributed by atoms with E-state index in [-0.39, 0.29) is 23.5 Å². The van der Waals surface area contributed by atoms with E-state index in [0.717, 1.165) is 17.7 Å². The molecular formula is C33H32F3N3O5S. The van der Waals surface area contributed by atoms with Crippen molar-refractivity contribution in [1.29, 1.82) is 0 Å². The summed E-state index contributed by atoms with van der Waals surface area (Å²) in [7, 11) is -1.64. The Bertz CT molecular complexity index is 1720. The number of amides is 2. The molecule has 0 spiro atoms. The summed E-state index contributed by atoms with van der Waals surface area (Å²) in [4.78, 5) is 28.6. The molecule has 0 radical (unpaired) electrons. The Kier molecular flexibility index (Phi) is 10.5.